The molecular weight excluding hydrogens is 251 g/mol. The third kappa shape index (κ3) is 4.53. The molecule has 1 aliphatic rings. The maximum Gasteiger partial charge on any atom is 0.126 e. The Labute approximate surface area is 112 Å². The van der Waals surface area contributed by atoms with E-state index in [2.05, 4.69) is 5.32 Å². The van der Waals surface area contributed by atoms with Gasteiger partial charge in [0.25, 0.3) is 0 Å². The van der Waals surface area contributed by atoms with Crippen molar-refractivity contribution in [2.75, 3.05) is 6.54 Å². The summed E-state index contributed by atoms with van der Waals surface area (Å²) in [6.07, 6.45) is 3.64. The fourth-order valence-corrected chi connectivity index (χ4v) is 2.82. The number of alkyl halides is 1. The Morgan fingerprint density at radius 1 is 1.21 bits per heavy atom. The molecular formula is C15H20F3N. The summed E-state index contributed by atoms with van der Waals surface area (Å²) < 4.78 is 40.7. The number of piperidine rings is 1. The average molecular weight is 271 g/mol. The number of nitrogens with one attached hydrogen (secondary N) is 1. The highest BCUT2D eigenvalue weighted by Gasteiger charge is 2.29. The van der Waals surface area contributed by atoms with Crippen LogP contribution in [0, 0.1) is 11.6 Å². The van der Waals surface area contributed by atoms with E-state index < -0.39 is 17.3 Å². The van der Waals surface area contributed by atoms with Crippen LogP contribution in [-0.2, 0) is 6.42 Å². The van der Waals surface area contributed by atoms with Crippen molar-refractivity contribution >= 4 is 0 Å². The highest BCUT2D eigenvalue weighted by Crippen LogP contribution is 2.26. The highest BCUT2D eigenvalue weighted by molar-refractivity contribution is 5.19. The topological polar surface area (TPSA) is 12.0 Å². The monoisotopic (exact) mass is 271 g/mol. The first-order chi connectivity index (χ1) is 8.94. The second-order valence-electron chi connectivity index (χ2n) is 5.72. The summed E-state index contributed by atoms with van der Waals surface area (Å²) in [7, 11) is 0. The van der Waals surface area contributed by atoms with Gasteiger partial charge in [0.05, 0.1) is 0 Å². The summed E-state index contributed by atoms with van der Waals surface area (Å²) in [5.41, 5.74) is -1.08. The summed E-state index contributed by atoms with van der Waals surface area (Å²) in [6.45, 7) is 2.43. The largest absolute Gasteiger partial charge is 0.314 e. The lowest BCUT2D eigenvalue weighted by Crippen LogP contribution is -2.40. The molecule has 0 aliphatic carbocycles. The molecule has 2 rings (SSSR count). The van der Waals surface area contributed by atoms with Crippen LogP contribution < -0.4 is 5.32 Å². The van der Waals surface area contributed by atoms with Gasteiger partial charge in [0.15, 0.2) is 0 Å². The van der Waals surface area contributed by atoms with Crippen molar-refractivity contribution in [3.05, 3.63) is 35.4 Å². The fourth-order valence-electron chi connectivity index (χ4n) is 2.82. The zero-order valence-electron chi connectivity index (χ0n) is 11.2. The van der Waals surface area contributed by atoms with Gasteiger partial charge in [-0.05, 0) is 50.4 Å². The molecule has 1 saturated heterocycles. The average Bonchev–Trinajstić information content (AvgIpc) is 2.27. The minimum absolute atomic E-state index is 0.0415. The molecule has 1 aliphatic heterocycles. The predicted molar refractivity (Wildman–Crippen MR) is 69.8 cm³/mol. The Morgan fingerprint density at radius 3 is 2.47 bits per heavy atom. The SMILES string of the molecule is CC(F)(Cc1cc(F)cc(F)c1)CC1CCCCN1. The van der Waals surface area contributed by atoms with Crippen molar-refractivity contribution in [3.8, 4) is 0 Å². The van der Waals surface area contributed by atoms with Gasteiger partial charge in [0, 0.05) is 18.5 Å². The van der Waals surface area contributed by atoms with Gasteiger partial charge in [0.1, 0.15) is 17.3 Å². The first-order valence-corrected chi connectivity index (χ1v) is 6.82. The zero-order valence-corrected chi connectivity index (χ0v) is 11.2. The Morgan fingerprint density at radius 2 is 1.89 bits per heavy atom. The summed E-state index contributed by atoms with van der Waals surface area (Å²) in [5.74, 6) is -1.30. The predicted octanol–water partition coefficient (Wildman–Crippen LogP) is 3.77. The van der Waals surface area contributed by atoms with E-state index in [1.807, 2.05) is 0 Å². The van der Waals surface area contributed by atoms with Crippen LogP contribution in [0.15, 0.2) is 18.2 Å². The van der Waals surface area contributed by atoms with E-state index in [-0.39, 0.29) is 12.5 Å². The normalized spacial score (nSPS) is 23.1. The molecule has 0 bridgehead atoms. The van der Waals surface area contributed by atoms with Crippen molar-refractivity contribution in [2.24, 2.45) is 0 Å². The van der Waals surface area contributed by atoms with Crippen molar-refractivity contribution in [1.82, 2.24) is 5.32 Å². The van der Waals surface area contributed by atoms with Gasteiger partial charge in [-0.25, -0.2) is 13.2 Å². The molecule has 0 aromatic heterocycles. The van der Waals surface area contributed by atoms with E-state index in [0.29, 0.717) is 12.0 Å². The van der Waals surface area contributed by atoms with Crippen LogP contribution in [0.5, 0.6) is 0 Å². The lowest BCUT2D eigenvalue weighted by Gasteiger charge is -2.30. The number of hydrogen-bond donors (Lipinski definition) is 1. The van der Waals surface area contributed by atoms with Crippen molar-refractivity contribution < 1.29 is 13.2 Å². The number of halogens is 3. The van der Waals surface area contributed by atoms with E-state index in [9.17, 15) is 13.2 Å². The summed E-state index contributed by atoms with van der Waals surface area (Å²) in [4.78, 5) is 0. The first kappa shape index (κ1) is 14.4. The van der Waals surface area contributed by atoms with Crippen LogP contribution in [0.4, 0.5) is 13.2 Å². The molecule has 0 amide bonds. The van der Waals surface area contributed by atoms with Crippen molar-refractivity contribution in [1.29, 1.82) is 0 Å². The van der Waals surface area contributed by atoms with Crippen LogP contribution in [0.2, 0.25) is 0 Å². The molecule has 0 spiro atoms. The molecule has 106 valence electrons. The lowest BCUT2D eigenvalue weighted by molar-refractivity contribution is 0.145. The molecule has 2 unspecified atom stereocenters. The Hall–Kier alpha value is -1.03. The summed E-state index contributed by atoms with van der Waals surface area (Å²) in [6, 6.07) is 3.38. The van der Waals surface area contributed by atoms with Crippen molar-refractivity contribution in [2.45, 2.75) is 50.7 Å². The van der Waals surface area contributed by atoms with Crippen LogP contribution >= 0.6 is 0 Å². The smallest absolute Gasteiger partial charge is 0.126 e. The Kier molecular flexibility index (Phi) is 4.50. The van der Waals surface area contributed by atoms with Crippen LogP contribution in [0.3, 0.4) is 0 Å². The minimum atomic E-state index is -1.45. The van der Waals surface area contributed by atoms with E-state index >= 15 is 0 Å². The van der Waals surface area contributed by atoms with E-state index in [1.54, 1.807) is 0 Å². The van der Waals surface area contributed by atoms with Gasteiger partial charge in [-0.15, -0.1) is 0 Å². The van der Waals surface area contributed by atoms with Gasteiger partial charge in [0.2, 0.25) is 0 Å². The molecule has 1 aromatic rings. The van der Waals surface area contributed by atoms with Crippen LogP contribution in [-0.4, -0.2) is 18.3 Å². The fraction of sp³-hybridized carbons (Fsp3) is 0.600. The summed E-state index contributed by atoms with van der Waals surface area (Å²) in [5, 5.41) is 3.30. The maximum atomic E-state index is 14.5. The Bertz CT molecular complexity index is 405. The molecule has 1 aromatic carbocycles. The van der Waals surface area contributed by atoms with Crippen molar-refractivity contribution in [3.63, 3.8) is 0 Å². The van der Waals surface area contributed by atoms with Gasteiger partial charge in [-0.3, -0.25) is 0 Å². The first-order valence-electron chi connectivity index (χ1n) is 6.82. The molecule has 1 nitrogen and oxygen atoms in total. The van der Waals surface area contributed by atoms with Gasteiger partial charge in [-0.1, -0.05) is 6.42 Å². The molecule has 1 fully saturated rings. The molecule has 0 radical (unpaired) electrons. The molecule has 4 heteroatoms. The third-order valence-electron chi connectivity index (χ3n) is 3.58. The maximum absolute atomic E-state index is 14.5. The highest BCUT2D eigenvalue weighted by atomic mass is 19.1. The minimum Gasteiger partial charge on any atom is -0.314 e. The second kappa shape index (κ2) is 5.95. The molecule has 1 heterocycles. The number of hydrogen-bond acceptors (Lipinski definition) is 1. The standard InChI is InChI=1S/C15H20F3N/c1-15(18,10-14-4-2-3-5-19-14)9-11-6-12(16)8-13(17)7-11/h6-8,14,19H,2-5,9-10H2,1H3. The number of rotatable bonds is 4. The van der Waals surface area contributed by atoms with Gasteiger partial charge < -0.3 is 5.32 Å². The zero-order chi connectivity index (χ0) is 13.9. The quantitative estimate of drug-likeness (QED) is 0.879. The molecule has 0 saturated carbocycles. The number of benzene rings is 1. The third-order valence-corrected chi connectivity index (χ3v) is 3.58. The van der Waals surface area contributed by atoms with Gasteiger partial charge in [-0.2, -0.15) is 0 Å². The van der Waals surface area contributed by atoms with E-state index in [0.717, 1.165) is 31.9 Å². The molecule has 2 atom stereocenters. The lowest BCUT2D eigenvalue weighted by atomic mass is 9.88. The molecule has 1 N–H and O–H groups in total. The second-order valence-corrected chi connectivity index (χ2v) is 5.72. The van der Waals surface area contributed by atoms with Crippen LogP contribution in [0.25, 0.3) is 0 Å². The van der Waals surface area contributed by atoms with Gasteiger partial charge >= 0.3 is 0 Å². The van der Waals surface area contributed by atoms with E-state index in [1.165, 1.54) is 19.1 Å². The summed E-state index contributed by atoms with van der Waals surface area (Å²) >= 11 is 0. The van der Waals surface area contributed by atoms with E-state index in [4.69, 9.17) is 0 Å². The Balaban J connectivity index is 1.98. The molecule has 19 heavy (non-hydrogen) atoms. The van der Waals surface area contributed by atoms with Crippen LogP contribution in [0.1, 0.15) is 38.2 Å².